The van der Waals surface area contributed by atoms with Gasteiger partial charge in [0, 0.05) is 24.3 Å². The summed E-state index contributed by atoms with van der Waals surface area (Å²) in [5.41, 5.74) is 0. The van der Waals surface area contributed by atoms with Gasteiger partial charge in [0.1, 0.15) is 0 Å². The van der Waals surface area contributed by atoms with Crippen molar-refractivity contribution in [3.05, 3.63) is 24.3 Å². The number of carbonyl (C=O) groups excluding carboxylic acids is 2. The number of esters is 2. The minimum atomic E-state index is -1.15. The molecule has 0 aliphatic carbocycles. The van der Waals surface area contributed by atoms with Crippen LogP contribution in [0, 0.1) is 0 Å². The van der Waals surface area contributed by atoms with Crippen molar-refractivity contribution in [2.45, 2.75) is 33.1 Å². The molecular formula is C15H22O8. The highest BCUT2D eigenvalue weighted by atomic mass is 16.5. The highest BCUT2D eigenvalue weighted by Gasteiger charge is 1.96. The van der Waals surface area contributed by atoms with Gasteiger partial charge < -0.3 is 19.7 Å². The average molecular weight is 330 g/mol. The minimum absolute atomic E-state index is 0.322. The summed E-state index contributed by atoms with van der Waals surface area (Å²) in [5.74, 6) is -3.53. The predicted octanol–water partition coefficient (Wildman–Crippen LogP) is 1.55. The lowest BCUT2D eigenvalue weighted by atomic mass is 10.4. The van der Waals surface area contributed by atoms with Crippen molar-refractivity contribution < 1.29 is 38.9 Å². The predicted molar refractivity (Wildman–Crippen MR) is 80.7 cm³/mol. The van der Waals surface area contributed by atoms with Gasteiger partial charge in [-0.2, -0.15) is 0 Å². The van der Waals surface area contributed by atoms with E-state index in [0.717, 1.165) is 43.6 Å². The van der Waals surface area contributed by atoms with Gasteiger partial charge in [-0.3, -0.25) is 0 Å². The first-order chi connectivity index (χ1) is 10.8. The van der Waals surface area contributed by atoms with Crippen LogP contribution in [0.1, 0.15) is 33.1 Å². The van der Waals surface area contributed by atoms with Crippen LogP contribution in [0.3, 0.4) is 0 Å². The van der Waals surface area contributed by atoms with Crippen LogP contribution in [-0.2, 0) is 28.7 Å². The molecule has 0 aromatic heterocycles. The second-order valence-electron chi connectivity index (χ2n) is 4.03. The summed E-state index contributed by atoms with van der Waals surface area (Å²) in [7, 11) is 0. The van der Waals surface area contributed by atoms with E-state index in [4.69, 9.17) is 10.2 Å². The number of carboxylic acids is 2. The molecule has 2 N–H and O–H groups in total. The van der Waals surface area contributed by atoms with Gasteiger partial charge in [-0.15, -0.1) is 0 Å². The van der Waals surface area contributed by atoms with Crippen LogP contribution < -0.4 is 0 Å². The first-order valence-electron chi connectivity index (χ1n) is 6.98. The molecule has 0 aliphatic heterocycles. The molecule has 0 unspecified atom stereocenters. The maximum Gasteiger partial charge on any atom is 0.331 e. The van der Waals surface area contributed by atoms with Gasteiger partial charge in [0.05, 0.1) is 13.2 Å². The van der Waals surface area contributed by atoms with Crippen LogP contribution in [0.25, 0.3) is 0 Å². The molecule has 0 amide bonds. The quantitative estimate of drug-likeness (QED) is 0.370. The van der Waals surface area contributed by atoms with E-state index in [2.05, 4.69) is 9.47 Å². The maximum absolute atomic E-state index is 10.6. The topological polar surface area (TPSA) is 127 Å². The highest BCUT2D eigenvalue weighted by Crippen LogP contribution is 1.89. The Bertz CT molecular complexity index is 437. The third kappa shape index (κ3) is 21.8. The van der Waals surface area contributed by atoms with Crippen molar-refractivity contribution >= 4 is 23.9 Å². The molecular weight excluding hydrogens is 308 g/mol. The van der Waals surface area contributed by atoms with Crippen molar-refractivity contribution in [2.24, 2.45) is 0 Å². The highest BCUT2D eigenvalue weighted by molar-refractivity contribution is 5.91. The molecule has 0 bridgehead atoms. The molecule has 0 rings (SSSR count). The Balaban J connectivity index is 0. The zero-order valence-corrected chi connectivity index (χ0v) is 13.2. The number of rotatable bonds is 9. The molecule has 0 spiro atoms. The monoisotopic (exact) mass is 330 g/mol. The number of aliphatic carboxylic acids is 2. The normalized spacial score (nSPS) is 10.0. The molecule has 0 fully saturated rings. The van der Waals surface area contributed by atoms with Crippen LogP contribution >= 0.6 is 0 Å². The number of carbonyl (C=O) groups is 4. The lowest BCUT2D eigenvalue weighted by molar-refractivity contribution is -0.139. The molecule has 130 valence electrons. The fourth-order valence-electron chi connectivity index (χ4n) is 0.895. The van der Waals surface area contributed by atoms with E-state index < -0.39 is 23.9 Å². The van der Waals surface area contributed by atoms with Crippen molar-refractivity contribution in [3.63, 3.8) is 0 Å². The Labute approximate surface area is 134 Å². The molecule has 0 saturated heterocycles. The molecule has 0 aromatic carbocycles. The molecule has 0 radical (unpaired) electrons. The average Bonchev–Trinajstić information content (AvgIpc) is 2.49. The molecule has 0 saturated carbocycles. The van der Waals surface area contributed by atoms with Gasteiger partial charge in [-0.1, -0.05) is 20.3 Å². The Hall–Kier alpha value is -2.64. The Morgan fingerprint density at radius 2 is 1.17 bits per heavy atom. The van der Waals surface area contributed by atoms with Gasteiger partial charge >= 0.3 is 23.9 Å². The van der Waals surface area contributed by atoms with E-state index in [0.29, 0.717) is 13.2 Å². The van der Waals surface area contributed by atoms with Crippen molar-refractivity contribution in [1.82, 2.24) is 0 Å². The van der Waals surface area contributed by atoms with Crippen molar-refractivity contribution in [3.8, 4) is 0 Å². The Morgan fingerprint density at radius 1 is 0.739 bits per heavy atom. The summed E-state index contributed by atoms with van der Waals surface area (Å²) in [6.07, 6.45) is 5.76. The second kappa shape index (κ2) is 15.7. The van der Waals surface area contributed by atoms with Gasteiger partial charge in [0.25, 0.3) is 0 Å². The first-order valence-corrected chi connectivity index (χ1v) is 6.98. The van der Waals surface area contributed by atoms with E-state index in [-0.39, 0.29) is 0 Å². The van der Waals surface area contributed by atoms with Crippen molar-refractivity contribution in [2.75, 3.05) is 13.2 Å². The summed E-state index contributed by atoms with van der Waals surface area (Å²) in [5, 5.41) is 16.2. The summed E-state index contributed by atoms with van der Waals surface area (Å²) in [6, 6.07) is 0. The second-order valence-corrected chi connectivity index (χ2v) is 4.03. The van der Waals surface area contributed by atoms with E-state index >= 15 is 0 Å². The smallest absolute Gasteiger partial charge is 0.331 e. The van der Waals surface area contributed by atoms with Gasteiger partial charge in [-0.05, 0) is 12.8 Å². The zero-order chi connectivity index (χ0) is 18.1. The lowest BCUT2D eigenvalue weighted by Crippen LogP contribution is -2.02. The molecule has 23 heavy (non-hydrogen) atoms. The van der Waals surface area contributed by atoms with Gasteiger partial charge in [-0.25, -0.2) is 19.2 Å². The summed E-state index contributed by atoms with van der Waals surface area (Å²) in [4.78, 5) is 41.0. The summed E-state index contributed by atoms with van der Waals surface area (Å²) in [6.45, 7) is 4.50. The van der Waals surface area contributed by atoms with Crippen molar-refractivity contribution in [1.29, 1.82) is 0 Å². The zero-order valence-electron chi connectivity index (χ0n) is 13.2. The third-order valence-electron chi connectivity index (χ3n) is 1.91. The van der Waals surface area contributed by atoms with E-state index in [1.165, 1.54) is 0 Å². The lowest BCUT2D eigenvalue weighted by Gasteiger charge is -1.97. The molecule has 8 heteroatoms. The minimum Gasteiger partial charge on any atom is -0.478 e. The van der Waals surface area contributed by atoms with Crippen LogP contribution in [0.4, 0.5) is 0 Å². The van der Waals surface area contributed by atoms with E-state index in [1.54, 1.807) is 0 Å². The molecule has 0 aromatic rings. The van der Waals surface area contributed by atoms with Crippen LogP contribution in [0.15, 0.2) is 24.3 Å². The third-order valence-corrected chi connectivity index (χ3v) is 1.91. The Morgan fingerprint density at radius 3 is 1.52 bits per heavy atom. The maximum atomic E-state index is 10.6. The van der Waals surface area contributed by atoms with Crippen LogP contribution in [0.5, 0.6) is 0 Å². The fraction of sp³-hybridized carbons (Fsp3) is 0.467. The van der Waals surface area contributed by atoms with E-state index in [9.17, 15) is 19.2 Å². The molecule has 8 nitrogen and oxygen atoms in total. The standard InChI is InChI=1S/C8H12O4.C7H10O4/c1-2-3-6-12-8(11)5-4-7(9)10;1-2-5-11-7(10)4-3-6(8)9/h4-5H,2-3,6H2,1H3,(H,9,10);3-4H,2,5H2,1H3,(H,8,9)/b5-4+;4-3+. The molecule has 0 aliphatic rings. The van der Waals surface area contributed by atoms with E-state index in [1.807, 2.05) is 13.8 Å². The SMILES string of the molecule is CCCCOC(=O)/C=C/C(=O)O.CCCOC(=O)/C=C/C(=O)O. The molecule has 0 heterocycles. The number of carboxylic acid groups (broad SMARTS) is 2. The van der Waals surface area contributed by atoms with Crippen LogP contribution in [0.2, 0.25) is 0 Å². The number of unbranched alkanes of at least 4 members (excludes halogenated alkanes) is 1. The summed E-state index contributed by atoms with van der Waals surface area (Å²) < 4.78 is 9.20. The fourth-order valence-corrected chi connectivity index (χ4v) is 0.895. The summed E-state index contributed by atoms with van der Waals surface area (Å²) >= 11 is 0. The van der Waals surface area contributed by atoms with Crippen LogP contribution in [-0.4, -0.2) is 47.3 Å². The molecule has 0 atom stereocenters. The largest absolute Gasteiger partial charge is 0.478 e. The van der Waals surface area contributed by atoms with Gasteiger partial charge in [0.15, 0.2) is 0 Å². The Kier molecular flexibility index (Phi) is 15.5. The number of hydrogen-bond acceptors (Lipinski definition) is 6. The first kappa shape index (κ1) is 22.6. The number of ether oxygens (including phenoxy) is 2. The van der Waals surface area contributed by atoms with Gasteiger partial charge in [0.2, 0.25) is 0 Å². The number of hydrogen-bond donors (Lipinski definition) is 2.